The van der Waals surface area contributed by atoms with E-state index in [0.717, 1.165) is 30.4 Å². The highest BCUT2D eigenvalue weighted by Gasteiger charge is 2.77. The number of carbonyl (C=O) groups excluding carboxylic acids is 4. The molecule has 13 rings (SSSR count). The SMILES string of the molecule is COC(=O)C12CC(N3C=C4[C@H](C)[C@@H](C)CCC4(c4ccc(C5C(C(C)(C)C)C5(F)F)c(Cl)c4)CC3=O)(C1)C2.COC(=O)C12CC(NC(=O)CC3(c4ccc(C5C(C(C)(C)C)C5(F)F)c(Cl)c4)CC[C@H](C)[C@@H](C)C3CO)(C1)C2. The Hall–Kier alpha value is -3.68. The Morgan fingerprint density at radius 1 is 0.727 bits per heavy atom. The monoisotopic (exact) mass is 1110 g/mol. The molecule has 422 valence electrons. The van der Waals surface area contributed by atoms with Crippen molar-refractivity contribution < 1.29 is 51.3 Å². The third-order valence-corrected chi connectivity index (χ3v) is 22.5. The largest absolute Gasteiger partial charge is 0.469 e. The van der Waals surface area contributed by atoms with Gasteiger partial charge in [-0.25, -0.2) is 17.6 Å². The van der Waals surface area contributed by atoms with Gasteiger partial charge < -0.3 is 24.8 Å². The minimum atomic E-state index is -2.81. The highest BCUT2D eigenvalue weighted by Crippen LogP contribution is 2.73. The van der Waals surface area contributed by atoms with E-state index in [4.69, 9.17) is 32.7 Å². The number of methoxy groups -OCH3 is 2. The van der Waals surface area contributed by atoms with E-state index in [0.29, 0.717) is 84.4 Å². The van der Waals surface area contributed by atoms with Crippen molar-refractivity contribution in [2.45, 2.75) is 192 Å². The molecule has 2 amide bonds. The number of amides is 2. The molecule has 4 bridgehead atoms. The van der Waals surface area contributed by atoms with E-state index >= 15 is 0 Å². The van der Waals surface area contributed by atoms with Crippen LogP contribution in [0.15, 0.2) is 48.2 Å². The smallest absolute Gasteiger partial charge is 0.312 e. The maximum Gasteiger partial charge on any atom is 0.312 e. The van der Waals surface area contributed by atoms with Gasteiger partial charge in [0.25, 0.3) is 11.8 Å². The Kier molecular flexibility index (Phi) is 13.3. The highest BCUT2D eigenvalue weighted by molar-refractivity contribution is 6.32. The van der Waals surface area contributed by atoms with Gasteiger partial charge in [-0.3, -0.25) is 19.2 Å². The first kappa shape index (κ1) is 56.6. The number of allylic oxidation sites excluding steroid dienone is 1. The minimum absolute atomic E-state index is 0.0652. The molecule has 0 radical (unpaired) electrons. The number of benzene rings is 2. The lowest BCUT2D eigenvalue weighted by atomic mass is 9.38. The van der Waals surface area contributed by atoms with E-state index in [-0.39, 0.29) is 65.6 Å². The molecule has 10 fully saturated rings. The zero-order valence-electron chi connectivity index (χ0n) is 47.0. The number of rotatable bonds is 11. The van der Waals surface area contributed by atoms with Gasteiger partial charge in [0.05, 0.1) is 42.4 Å². The lowest BCUT2D eigenvalue weighted by molar-refractivity contribution is -0.226. The second-order valence-corrected chi connectivity index (χ2v) is 29.3. The second-order valence-electron chi connectivity index (χ2n) is 28.5. The number of ether oxygens (including phenoxy) is 2. The fourth-order valence-corrected chi connectivity index (χ4v) is 18.0. The number of esters is 2. The molecule has 2 N–H and O–H groups in total. The summed E-state index contributed by atoms with van der Waals surface area (Å²) in [6, 6.07) is 11.0. The van der Waals surface area contributed by atoms with Crippen LogP contribution in [-0.4, -0.2) is 77.5 Å². The van der Waals surface area contributed by atoms with Crippen molar-refractivity contribution in [1.29, 1.82) is 0 Å². The molecule has 7 unspecified atom stereocenters. The zero-order valence-corrected chi connectivity index (χ0v) is 48.6. The Morgan fingerprint density at radius 2 is 1.21 bits per heavy atom. The van der Waals surface area contributed by atoms with Crippen molar-refractivity contribution in [3.05, 3.63) is 80.5 Å². The molecule has 1 heterocycles. The molecule has 1 aliphatic heterocycles. The molecule has 10 saturated carbocycles. The molecule has 2 aromatic rings. The molecule has 15 heteroatoms. The Morgan fingerprint density at radius 3 is 1.68 bits per heavy atom. The third kappa shape index (κ3) is 8.48. The molecular formula is C62H80Cl2F4N2O7. The summed E-state index contributed by atoms with van der Waals surface area (Å²) in [5, 5.41) is 14.5. The van der Waals surface area contributed by atoms with Crippen LogP contribution in [0.25, 0.3) is 0 Å². The number of nitrogens with one attached hydrogen (secondary N) is 1. The van der Waals surface area contributed by atoms with Crippen molar-refractivity contribution in [2.24, 2.45) is 63.1 Å². The molecule has 0 saturated heterocycles. The number of aliphatic hydroxyl groups is 1. The Labute approximate surface area is 462 Å². The van der Waals surface area contributed by atoms with Crippen LogP contribution in [0.1, 0.15) is 180 Å². The fourth-order valence-electron chi connectivity index (χ4n) is 17.4. The molecule has 10 aliphatic carbocycles. The number of halogens is 6. The number of hydrogen-bond donors (Lipinski definition) is 2. The van der Waals surface area contributed by atoms with Crippen molar-refractivity contribution in [3.8, 4) is 0 Å². The van der Waals surface area contributed by atoms with Crippen LogP contribution in [0.2, 0.25) is 10.0 Å². The number of fused-ring (bicyclic) bond motifs is 1. The van der Waals surface area contributed by atoms with Gasteiger partial charge in [-0.2, -0.15) is 0 Å². The number of aliphatic hydroxyl groups excluding tert-OH is 1. The summed E-state index contributed by atoms with van der Waals surface area (Å²) in [7, 11) is 2.81. The normalized spacial score (nSPS) is 40.6. The Balaban J connectivity index is 0.000000175. The van der Waals surface area contributed by atoms with Gasteiger partial charge in [-0.05, 0) is 145 Å². The standard InChI is InChI=1S/C31H42ClF2NO4.C31H38ClF2NO3/c1-17-9-10-30(21(13-36)18(17)2,12-23(37)35-29-14-28(15-29,16-29)26(38)39-6)19-7-8-20(22(32)11-19)24-25(27(3,4)5)31(24,33)34;1-17-9-10-30(19-7-8-20(22(32)11-19)24-25(27(3,4)5)31(24,33)34)12-23(36)35(13-21(30)18(17)2)29-14-28(15-29,16-29)26(37)38-6/h7-8,11,17-18,21,24-25,36H,9-10,12-16H2,1-6H3,(H,35,37);7-8,11,13,17-18,24-25H,9-10,12,14-16H2,1-6H3/t17-,18+,21?,24?,25?,28?,29?,30?;17-,18+,24?,25?,28?,29?,30?/m00/s1. The van der Waals surface area contributed by atoms with Crippen molar-refractivity contribution in [1.82, 2.24) is 10.2 Å². The summed E-state index contributed by atoms with van der Waals surface area (Å²) in [5.74, 6) is -8.27. The lowest BCUT2D eigenvalue weighted by Gasteiger charge is -2.72. The van der Waals surface area contributed by atoms with Crippen LogP contribution in [0, 0.1) is 63.1 Å². The van der Waals surface area contributed by atoms with Crippen LogP contribution >= 0.6 is 23.2 Å². The van der Waals surface area contributed by atoms with E-state index in [2.05, 4.69) is 39.2 Å². The van der Waals surface area contributed by atoms with Crippen LogP contribution in [0.5, 0.6) is 0 Å². The van der Waals surface area contributed by atoms with Crippen molar-refractivity contribution in [3.63, 3.8) is 0 Å². The van der Waals surface area contributed by atoms with Gasteiger partial charge >= 0.3 is 11.9 Å². The summed E-state index contributed by atoms with van der Waals surface area (Å²) in [6.45, 7) is 19.7. The Bertz CT molecular complexity index is 2780. The number of alkyl halides is 4. The van der Waals surface area contributed by atoms with E-state index < -0.39 is 68.0 Å². The molecule has 0 aromatic heterocycles. The van der Waals surface area contributed by atoms with Crippen LogP contribution in [0.3, 0.4) is 0 Å². The number of nitrogens with zero attached hydrogens (tertiary/aromatic N) is 1. The molecule has 9 nitrogen and oxygen atoms in total. The van der Waals surface area contributed by atoms with E-state index in [1.807, 2.05) is 64.6 Å². The predicted octanol–water partition coefficient (Wildman–Crippen LogP) is 13.5. The lowest BCUT2D eigenvalue weighted by Crippen LogP contribution is -2.77. The van der Waals surface area contributed by atoms with Gasteiger partial charge in [0.15, 0.2) is 0 Å². The quantitative estimate of drug-likeness (QED) is 0.170. The first-order chi connectivity index (χ1) is 35.7. The molecule has 2 aromatic carbocycles. The highest BCUT2D eigenvalue weighted by atomic mass is 35.5. The summed E-state index contributed by atoms with van der Waals surface area (Å²) >= 11 is 13.5. The summed E-state index contributed by atoms with van der Waals surface area (Å²) < 4.78 is 69.3. The summed E-state index contributed by atoms with van der Waals surface area (Å²) in [4.78, 5) is 53.6. The van der Waals surface area contributed by atoms with Gasteiger partial charge in [-0.15, -0.1) is 0 Å². The number of carbonyl (C=O) groups is 4. The first-order valence-electron chi connectivity index (χ1n) is 28.2. The summed E-state index contributed by atoms with van der Waals surface area (Å²) in [6.07, 6.45) is 9.71. The maximum absolute atomic E-state index is 14.9. The molecule has 0 spiro atoms. The van der Waals surface area contributed by atoms with Crippen LogP contribution < -0.4 is 5.32 Å². The molecular weight excluding hydrogens is 1030 g/mol. The van der Waals surface area contributed by atoms with Crippen molar-refractivity contribution >= 4 is 47.0 Å². The van der Waals surface area contributed by atoms with E-state index in [1.165, 1.54) is 19.8 Å². The average Bonchev–Trinajstić information content (AvgIpc) is 4.16. The summed E-state index contributed by atoms with van der Waals surface area (Å²) in [5.41, 5.74) is 0.180. The first-order valence-corrected chi connectivity index (χ1v) is 28.9. The van der Waals surface area contributed by atoms with Crippen molar-refractivity contribution in [2.75, 3.05) is 20.8 Å². The second kappa shape index (κ2) is 18.2. The van der Waals surface area contributed by atoms with E-state index in [1.54, 1.807) is 18.2 Å². The van der Waals surface area contributed by atoms with Gasteiger partial charge in [-0.1, -0.05) is 117 Å². The van der Waals surface area contributed by atoms with Gasteiger partial charge in [0, 0.05) is 63.9 Å². The topological polar surface area (TPSA) is 122 Å². The maximum atomic E-state index is 14.9. The van der Waals surface area contributed by atoms with Gasteiger partial charge in [0.2, 0.25) is 11.8 Å². The molecule has 77 heavy (non-hydrogen) atoms. The van der Waals surface area contributed by atoms with Crippen LogP contribution in [-0.2, 0) is 39.5 Å². The average molecular weight is 1110 g/mol. The van der Waals surface area contributed by atoms with Crippen LogP contribution in [0.4, 0.5) is 17.6 Å². The minimum Gasteiger partial charge on any atom is -0.469 e. The zero-order chi connectivity index (χ0) is 56.4. The fraction of sp³-hybridized carbons (Fsp3) is 0.710. The molecule has 11 atom stereocenters. The van der Waals surface area contributed by atoms with E-state index in [9.17, 15) is 41.8 Å². The third-order valence-electron chi connectivity index (χ3n) is 21.8. The predicted molar refractivity (Wildman–Crippen MR) is 288 cm³/mol. The van der Waals surface area contributed by atoms with Gasteiger partial charge in [0.1, 0.15) is 0 Å². The number of hydrogen-bond acceptors (Lipinski definition) is 7. The molecule has 11 aliphatic rings.